The lowest BCUT2D eigenvalue weighted by Crippen LogP contribution is -2.19. The van der Waals surface area contributed by atoms with Crippen LogP contribution in [0.15, 0.2) is 12.3 Å². The first-order valence-electron chi connectivity index (χ1n) is 5.65. The fourth-order valence-electron chi connectivity index (χ4n) is 2.15. The minimum Gasteiger partial charge on any atom is -0.357 e. The largest absolute Gasteiger partial charge is 0.357 e. The molecule has 1 fully saturated rings. The molecule has 0 aliphatic carbocycles. The Hall–Kier alpha value is -1.09. The second kappa shape index (κ2) is 4.19. The molecule has 15 heavy (non-hydrogen) atoms. The number of anilines is 1. The minimum atomic E-state index is 0.0742. The number of hydrogen-bond acceptors (Lipinski definition) is 3. The Balaban J connectivity index is 2.24. The SMILES string of the molecule is Cc1cc(N2CCCC2)ncc1[C@@H](C)N. The molecule has 0 amide bonds. The summed E-state index contributed by atoms with van der Waals surface area (Å²) in [4.78, 5) is 6.83. The zero-order chi connectivity index (χ0) is 10.8. The van der Waals surface area contributed by atoms with Crippen LogP contribution in [0.1, 0.15) is 36.9 Å². The third kappa shape index (κ3) is 2.12. The van der Waals surface area contributed by atoms with Gasteiger partial charge in [0, 0.05) is 25.3 Å². The van der Waals surface area contributed by atoms with Gasteiger partial charge in [-0.1, -0.05) is 0 Å². The van der Waals surface area contributed by atoms with Crippen LogP contribution in [0, 0.1) is 6.92 Å². The molecule has 0 bridgehead atoms. The van der Waals surface area contributed by atoms with Crippen molar-refractivity contribution in [1.29, 1.82) is 0 Å². The molecule has 3 heteroatoms. The van der Waals surface area contributed by atoms with E-state index in [-0.39, 0.29) is 6.04 Å². The zero-order valence-electron chi connectivity index (χ0n) is 9.53. The summed E-state index contributed by atoms with van der Waals surface area (Å²) in [6.45, 7) is 6.40. The molecule has 2 heterocycles. The highest BCUT2D eigenvalue weighted by Gasteiger charge is 2.14. The van der Waals surface area contributed by atoms with E-state index in [0.29, 0.717) is 0 Å². The first-order valence-corrected chi connectivity index (χ1v) is 5.65. The van der Waals surface area contributed by atoms with E-state index in [4.69, 9.17) is 5.73 Å². The van der Waals surface area contributed by atoms with Crippen LogP contribution in [0.5, 0.6) is 0 Å². The van der Waals surface area contributed by atoms with Gasteiger partial charge in [0.2, 0.25) is 0 Å². The van der Waals surface area contributed by atoms with Crippen molar-refractivity contribution in [2.24, 2.45) is 5.73 Å². The zero-order valence-corrected chi connectivity index (χ0v) is 9.53. The van der Waals surface area contributed by atoms with Crippen LogP contribution >= 0.6 is 0 Å². The van der Waals surface area contributed by atoms with Crippen molar-refractivity contribution in [3.05, 3.63) is 23.4 Å². The monoisotopic (exact) mass is 205 g/mol. The average molecular weight is 205 g/mol. The van der Waals surface area contributed by atoms with E-state index in [9.17, 15) is 0 Å². The smallest absolute Gasteiger partial charge is 0.128 e. The van der Waals surface area contributed by atoms with E-state index in [2.05, 4.69) is 22.9 Å². The summed E-state index contributed by atoms with van der Waals surface area (Å²) in [6, 6.07) is 2.23. The molecule has 1 aromatic heterocycles. The summed E-state index contributed by atoms with van der Waals surface area (Å²) in [5, 5.41) is 0. The average Bonchev–Trinajstić information content (AvgIpc) is 2.69. The van der Waals surface area contributed by atoms with Gasteiger partial charge in [-0.15, -0.1) is 0 Å². The number of aromatic nitrogens is 1. The van der Waals surface area contributed by atoms with Crippen LogP contribution in [-0.2, 0) is 0 Å². The van der Waals surface area contributed by atoms with Crippen molar-refractivity contribution in [2.75, 3.05) is 18.0 Å². The third-order valence-corrected chi connectivity index (χ3v) is 3.06. The van der Waals surface area contributed by atoms with Gasteiger partial charge < -0.3 is 10.6 Å². The molecule has 0 radical (unpaired) electrons. The van der Waals surface area contributed by atoms with Crippen LogP contribution in [0.2, 0.25) is 0 Å². The quantitative estimate of drug-likeness (QED) is 0.803. The second-order valence-corrected chi connectivity index (χ2v) is 4.38. The predicted octanol–water partition coefficient (Wildman–Crippen LogP) is 2.01. The van der Waals surface area contributed by atoms with Gasteiger partial charge in [-0.3, -0.25) is 0 Å². The van der Waals surface area contributed by atoms with Crippen LogP contribution in [0.3, 0.4) is 0 Å². The lowest BCUT2D eigenvalue weighted by Gasteiger charge is -2.18. The Morgan fingerprint density at radius 1 is 1.40 bits per heavy atom. The van der Waals surface area contributed by atoms with Crippen LogP contribution in [0.25, 0.3) is 0 Å². The van der Waals surface area contributed by atoms with Crippen molar-refractivity contribution < 1.29 is 0 Å². The fraction of sp³-hybridized carbons (Fsp3) is 0.583. The van der Waals surface area contributed by atoms with Crippen LogP contribution in [-0.4, -0.2) is 18.1 Å². The molecule has 0 aromatic carbocycles. The van der Waals surface area contributed by atoms with E-state index in [1.54, 1.807) is 0 Å². The Morgan fingerprint density at radius 3 is 2.60 bits per heavy atom. The Morgan fingerprint density at radius 2 is 2.07 bits per heavy atom. The molecule has 1 aromatic rings. The molecule has 1 saturated heterocycles. The Labute approximate surface area is 91.3 Å². The summed E-state index contributed by atoms with van der Waals surface area (Å²) < 4.78 is 0. The number of aryl methyl sites for hydroxylation is 1. The van der Waals surface area contributed by atoms with Gasteiger partial charge in [0.15, 0.2) is 0 Å². The van der Waals surface area contributed by atoms with E-state index >= 15 is 0 Å². The standard InChI is InChI=1S/C12H19N3/c1-9-7-12(15-5-3-4-6-15)14-8-11(9)10(2)13/h7-8,10H,3-6,13H2,1-2H3/t10-/m1/s1. The molecule has 2 N–H and O–H groups in total. The van der Waals surface area contributed by atoms with Crippen molar-refractivity contribution in [2.45, 2.75) is 32.7 Å². The molecule has 2 rings (SSSR count). The normalized spacial score (nSPS) is 18.2. The van der Waals surface area contributed by atoms with E-state index in [1.807, 2.05) is 13.1 Å². The third-order valence-electron chi connectivity index (χ3n) is 3.06. The molecule has 3 nitrogen and oxygen atoms in total. The fourth-order valence-corrected chi connectivity index (χ4v) is 2.15. The lowest BCUT2D eigenvalue weighted by atomic mass is 10.1. The number of rotatable bonds is 2. The molecule has 1 atom stereocenters. The van der Waals surface area contributed by atoms with Crippen molar-refractivity contribution in [3.63, 3.8) is 0 Å². The summed E-state index contributed by atoms with van der Waals surface area (Å²) in [5.41, 5.74) is 8.27. The van der Waals surface area contributed by atoms with Gasteiger partial charge in [-0.25, -0.2) is 4.98 Å². The van der Waals surface area contributed by atoms with Crippen molar-refractivity contribution in [1.82, 2.24) is 4.98 Å². The number of nitrogens with zero attached hydrogens (tertiary/aromatic N) is 2. The first kappa shape index (κ1) is 10.4. The molecule has 0 spiro atoms. The highest BCUT2D eigenvalue weighted by molar-refractivity contribution is 5.44. The predicted molar refractivity (Wildman–Crippen MR) is 63.0 cm³/mol. The van der Waals surface area contributed by atoms with Gasteiger partial charge >= 0.3 is 0 Å². The molecule has 82 valence electrons. The molecular weight excluding hydrogens is 186 g/mol. The maximum absolute atomic E-state index is 5.86. The summed E-state index contributed by atoms with van der Waals surface area (Å²) >= 11 is 0. The van der Waals surface area contributed by atoms with Gasteiger partial charge in [-0.2, -0.15) is 0 Å². The Bertz CT molecular complexity index is 341. The molecule has 0 unspecified atom stereocenters. The lowest BCUT2D eigenvalue weighted by molar-refractivity contribution is 0.799. The van der Waals surface area contributed by atoms with Gasteiger partial charge in [-0.05, 0) is 43.9 Å². The van der Waals surface area contributed by atoms with Gasteiger partial charge in [0.1, 0.15) is 5.82 Å². The van der Waals surface area contributed by atoms with Crippen molar-refractivity contribution >= 4 is 5.82 Å². The molecule has 0 saturated carbocycles. The van der Waals surface area contributed by atoms with E-state index in [0.717, 1.165) is 24.5 Å². The van der Waals surface area contributed by atoms with Crippen LogP contribution in [0.4, 0.5) is 5.82 Å². The number of pyridine rings is 1. The highest BCUT2D eigenvalue weighted by Crippen LogP contribution is 2.22. The van der Waals surface area contributed by atoms with Crippen LogP contribution < -0.4 is 10.6 Å². The van der Waals surface area contributed by atoms with E-state index in [1.165, 1.54) is 18.4 Å². The molecule has 1 aliphatic heterocycles. The van der Waals surface area contributed by atoms with Gasteiger partial charge in [0.05, 0.1) is 0 Å². The number of hydrogen-bond donors (Lipinski definition) is 1. The minimum absolute atomic E-state index is 0.0742. The summed E-state index contributed by atoms with van der Waals surface area (Å²) in [7, 11) is 0. The maximum Gasteiger partial charge on any atom is 0.128 e. The second-order valence-electron chi connectivity index (χ2n) is 4.38. The summed E-state index contributed by atoms with van der Waals surface area (Å²) in [6.07, 6.45) is 4.50. The summed E-state index contributed by atoms with van der Waals surface area (Å²) in [5.74, 6) is 1.11. The topological polar surface area (TPSA) is 42.2 Å². The van der Waals surface area contributed by atoms with Gasteiger partial charge in [0.25, 0.3) is 0 Å². The van der Waals surface area contributed by atoms with E-state index < -0.39 is 0 Å². The highest BCUT2D eigenvalue weighted by atomic mass is 15.2. The number of nitrogens with two attached hydrogens (primary N) is 1. The first-order chi connectivity index (χ1) is 7.18. The molecular formula is C12H19N3. The molecule has 1 aliphatic rings. The Kier molecular flexibility index (Phi) is 2.91. The maximum atomic E-state index is 5.86. The van der Waals surface area contributed by atoms with Crippen molar-refractivity contribution in [3.8, 4) is 0 Å².